The number of hydrogen-bond donors (Lipinski definition) is 0. The van der Waals surface area contributed by atoms with Gasteiger partial charge in [-0.2, -0.15) is 0 Å². The monoisotopic (exact) mass is 296 g/mol. The van der Waals surface area contributed by atoms with Gasteiger partial charge in [0.05, 0.1) is 0 Å². The molecule has 0 atom stereocenters. The van der Waals surface area contributed by atoms with E-state index in [9.17, 15) is 0 Å². The van der Waals surface area contributed by atoms with Crippen LogP contribution in [0.2, 0.25) is 4.13 Å². The maximum atomic E-state index is 5.82. The Morgan fingerprint density at radius 2 is 1.20 bits per heavy atom. The molecule has 0 aromatic rings. The molecule has 0 aliphatic rings. The molecule has 0 amide bonds. The predicted molar refractivity (Wildman–Crippen MR) is 59.2 cm³/mol. The molecule has 15 heavy (non-hydrogen) atoms. The third-order valence-electron chi connectivity index (χ3n) is 2.18. The van der Waals surface area contributed by atoms with E-state index < -0.39 is 21.6 Å². The summed E-state index contributed by atoms with van der Waals surface area (Å²) in [5, 5.41) is 0. The molecule has 0 heterocycles. The first-order chi connectivity index (χ1) is 7.24. The van der Waals surface area contributed by atoms with E-state index in [2.05, 4.69) is 6.92 Å². The van der Waals surface area contributed by atoms with Crippen molar-refractivity contribution in [2.75, 3.05) is 19.8 Å². The molecule has 0 bridgehead atoms. The van der Waals surface area contributed by atoms with Crippen LogP contribution in [0.1, 0.15) is 47.0 Å². The Balaban J connectivity index is 4.18. The van der Waals surface area contributed by atoms with Gasteiger partial charge >= 0.3 is 101 Å². The first kappa shape index (κ1) is 15.8. The third-order valence-corrected chi connectivity index (χ3v) is 9.93. The van der Waals surface area contributed by atoms with E-state index in [4.69, 9.17) is 8.44 Å². The van der Waals surface area contributed by atoms with Gasteiger partial charge < -0.3 is 0 Å². The first-order valence-corrected chi connectivity index (χ1v) is 10.9. The van der Waals surface area contributed by atoms with Crippen molar-refractivity contribution in [2.24, 2.45) is 0 Å². The molecule has 0 unspecified atom stereocenters. The molecule has 0 N–H and O–H groups in total. The SMILES string of the molecule is CCCC[CH2][Zr]([O]CC)([O]CC)[O]CC. The van der Waals surface area contributed by atoms with Gasteiger partial charge in [-0.05, 0) is 0 Å². The molecule has 0 aliphatic heterocycles. The fourth-order valence-electron chi connectivity index (χ4n) is 1.59. The Kier molecular flexibility index (Phi) is 10.5. The van der Waals surface area contributed by atoms with Crippen LogP contribution in [-0.2, 0) is 30.0 Å². The Morgan fingerprint density at radius 1 is 0.733 bits per heavy atom. The standard InChI is InChI=1S/C5H11.3C2H5O.Zr/c1-3-5-4-2;3*1-2-3;/h1,3-5H2,2H3;3*2H2,1H3;/q;3*-1;+3. The minimum absolute atomic E-state index is 0.711. The van der Waals surface area contributed by atoms with Crippen molar-refractivity contribution in [1.29, 1.82) is 0 Å². The van der Waals surface area contributed by atoms with E-state index in [1.807, 2.05) is 20.8 Å². The number of unbranched alkanes of at least 4 members (excludes halogenated alkanes) is 2. The van der Waals surface area contributed by atoms with Crippen LogP contribution in [0.4, 0.5) is 0 Å². The summed E-state index contributed by atoms with van der Waals surface area (Å²) in [5.74, 6) is 0. The van der Waals surface area contributed by atoms with Crippen LogP contribution in [0, 0.1) is 0 Å². The van der Waals surface area contributed by atoms with E-state index >= 15 is 0 Å². The molecule has 0 radical (unpaired) electrons. The van der Waals surface area contributed by atoms with E-state index in [0.29, 0.717) is 19.8 Å². The Labute approximate surface area is 101 Å². The molecule has 3 nitrogen and oxygen atoms in total. The molecule has 0 aliphatic carbocycles. The predicted octanol–water partition coefficient (Wildman–Crippen LogP) is 3.60. The summed E-state index contributed by atoms with van der Waals surface area (Å²) in [6, 6.07) is 0. The summed E-state index contributed by atoms with van der Waals surface area (Å²) in [7, 11) is 0. The summed E-state index contributed by atoms with van der Waals surface area (Å²) in [4.78, 5) is 0. The second-order valence-corrected chi connectivity index (χ2v) is 10.2. The van der Waals surface area contributed by atoms with Crippen molar-refractivity contribution in [1.82, 2.24) is 0 Å². The molecule has 0 aromatic heterocycles. The molecule has 0 saturated carbocycles. The van der Waals surface area contributed by atoms with Crippen molar-refractivity contribution in [3.05, 3.63) is 0 Å². The number of rotatable bonds is 10. The zero-order valence-corrected chi connectivity index (χ0v) is 13.1. The number of hydrogen-bond acceptors (Lipinski definition) is 3. The first-order valence-electron chi connectivity index (χ1n) is 6.16. The molecule has 0 rings (SSSR count). The molecule has 0 aromatic carbocycles. The Morgan fingerprint density at radius 3 is 1.53 bits per heavy atom. The summed E-state index contributed by atoms with van der Waals surface area (Å²) < 4.78 is 18.5. The van der Waals surface area contributed by atoms with E-state index in [1.165, 1.54) is 19.3 Å². The summed E-state index contributed by atoms with van der Waals surface area (Å²) in [6.07, 6.45) is 3.64. The van der Waals surface area contributed by atoms with E-state index in [1.54, 1.807) is 0 Å². The fourth-order valence-corrected chi connectivity index (χ4v) is 8.19. The molecule has 92 valence electrons. The normalized spacial score (nSPS) is 12.0. The van der Waals surface area contributed by atoms with Crippen LogP contribution in [0.5, 0.6) is 0 Å². The van der Waals surface area contributed by atoms with Crippen molar-refractivity contribution in [2.45, 2.75) is 51.1 Å². The van der Waals surface area contributed by atoms with Crippen LogP contribution >= 0.6 is 0 Å². The average molecular weight is 298 g/mol. The van der Waals surface area contributed by atoms with Gasteiger partial charge in [0, 0.05) is 0 Å². The molecule has 0 saturated heterocycles. The second kappa shape index (κ2) is 9.95. The molecule has 4 heteroatoms. The van der Waals surface area contributed by atoms with Crippen LogP contribution < -0.4 is 0 Å². The summed E-state index contributed by atoms with van der Waals surface area (Å²) in [5.41, 5.74) is 0. The van der Waals surface area contributed by atoms with Gasteiger partial charge in [0.1, 0.15) is 0 Å². The van der Waals surface area contributed by atoms with Crippen LogP contribution in [0.3, 0.4) is 0 Å². The van der Waals surface area contributed by atoms with Crippen molar-refractivity contribution in [3.8, 4) is 0 Å². The van der Waals surface area contributed by atoms with Crippen LogP contribution in [-0.4, -0.2) is 19.8 Å². The Bertz CT molecular complexity index is 125. The van der Waals surface area contributed by atoms with E-state index in [0.717, 1.165) is 4.13 Å². The van der Waals surface area contributed by atoms with E-state index in [-0.39, 0.29) is 0 Å². The zero-order chi connectivity index (χ0) is 11.6. The molecular weight excluding hydrogens is 271 g/mol. The molecule has 0 fully saturated rings. The van der Waals surface area contributed by atoms with Gasteiger partial charge in [-0.1, -0.05) is 0 Å². The summed E-state index contributed by atoms with van der Waals surface area (Å²) in [6.45, 7) is 10.4. The maximum absolute atomic E-state index is 5.82. The van der Waals surface area contributed by atoms with Crippen LogP contribution in [0.25, 0.3) is 0 Å². The molecular formula is C11H26O3Zr. The zero-order valence-electron chi connectivity index (χ0n) is 10.7. The Hall–Kier alpha value is 0.763. The fraction of sp³-hybridized carbons (Fsp3) is 1.00. The van der Waals surface area contributed by atoms with Crippen LogP contribution in [0.15, 0.2) is 0 Å². The van der Waals surface area contributed by atoms with Gasteiger partial charge in [-0.25, -0.2) is 0 Å². The van der Waals surface area contributed by atoms with Gasteiger partial charge in [0.25, 0.3) is 0 Å². The van der Waals surface area contributed by atoms with Crippen molar-refractivity contribution in [3.63, 3.8) is 0 Å². The van der Waals surface area contributed by atoms with Gasteiger partial charge in [0.2, 0.25) is 0 Å². The third kappa shape index (κ3) is 6.83. The van der Waals surface area contributed by atoms with Gasteiger partial charge in [-0.3, -0.25) is 0 Å². The van der Waals surface area contributed by atoms with Crippen molar-refractivity contribution >= 4 is 0 Å². The topological polar surface area (TPSA) is 27.7 Å². The quantitative estimate of drug-likeness (QED) is 0.577. The molecule has 0 spiro atoms. The van der Waals surface area contributed by atoms with Crippen molar-refractivity contribution < 1.29 is 30.0 Å². The van der Waals surface area contributed by atoms with Gasteiger partial charge in [0.15, 0.2) is 0 Å². The average Bonchev–Trinajstić information content (AvgIpc) is 2.19. The summed E-state index contributed by atoms with van der Waals surface area (Å²) >= 11 is -3.12. The minimum atomic E-state index is -3.12. The second-order valence-electron chi connectivity index (χ2n) is 3.44. The van der Waals surface area contributed by atoms with Gasteiger partial charge in [-0.15, -0.1) is 0 Å².